The molecule has 0 spiro atoms. The zero-order chi connectivity index (χ0) is 18.6. The van der Waals surface area contributed by atoms with Gasteiger partial charge in [-0.1, -0.05) is 6.07 Å². The van der Waals surface area contributed by atoms with Gasteiger partial charge in [0.05, 0.1) is 17.9 Å². The van der Waals surface area contributed by atoms with E-state index in [0.29, 0.717) is 12.2 Å². The van der Waals surface area contributed by atoms with Crippen LogP contribution >= 0.6 is 11.8 Å². The highest BCUT2D eigenvalue weighted by atomic mass is 32.2. The lowest BCUT2D eigenvalue weighted by atomic mass is 10.0. The van der Waals surface area contributed by atoms with E-state index >= 15 is 0 Å². The van der Waals surface area contributed by atoms with Crippen LogP contribution in [0.5, 0.6) is 0 Å². The quantitative estimate of drug-likeness (QED) is 0.848. The standard InChI is InChI=1S/C16H18F2N2O4S/c1-3-24-16(23)20-13(21)9-6-7-25-15(9)19-14(22)11-10(17)5-4-8(2)12(11)18/h4-5,9,15H,3,6-7H2,1-2H3,(H,19,22)(H,20,21,23). The van der Waals surface area contributed by atoms with Gasteiger partial charge in [0, 0.05) is 0 Å². The van der Waals surface area contributed by atoms with Gasteiger partial charge in [-0.05, 0) is 37.7 Å². The fourth-order valence-electron chi connectivity index (χ4n) is 2.43. The van der Waals surface area contributed by atoms with Crippen molar-refractivity contribution in [1.29, 1.82) is 0 Å². The van der Waals surface area contributed by atoms with Crippen molar-refractivity contribution in [3.8, 4) is 0 Å². The second-order valence-electron chi connectivity index (χ2n) is 5.42. The van der Waals surface area contributed by atoms with Gasteiger partial charge in [0.15, 0.2) is 0 Å². The molecule has 3 amide bonds. The van der Waals surface area contributed by atoms with Gasteiger partial charge in [-0.3, -0.25) is 14.9 Å². The first-order chi connectivity index (χ1) is 11.8. The zero-order valence-electron chi connectivity index (χ0n) is 13.7. The number of carbonyl (C=O) groups excluding carboxylic acids is 3. The molecule has 2 N–H and O–H groups in total. The number of nitrogens with one attached hydrogen (secondary N) is 2. The van der Waals surface area contributed by atoms with Gasteiger partial charge in [0.2, 0.25) is 5.91 Å². The Morgan fingerprint density at radius 3 is 2.72 bits per heavy atom. The summed E-state index contributed by atoms with van der Waals surface area (Å²) < 4.78 is 32.5. The van der Waals surface area contributed by atoms with Crippen LogP contribution in [0.25, 0.3) is 0 Å². The van der Waals surface area contributed by atoms with Crippen molar-refractivity contribution in [3.63, 3.8) is 0 Å². The number of benzene rings is 1. The molecule has 0 aliphatic carbocycles. The number of rotatable bonds is 4. The number of amides is 3. The Balaban J connectivity index is 2.09. The summed E-state index contributed by atoms with van der Waals surface area (Å²) in [5.41, 5.74) is -0.542. The Kier molecular flexibility index (Phi) is 6.35. The molecule has 1 fully saturated rings. The van der Waals surface area contributed by atoms with E-state index in [0.717, 1.165) is 6.07 Å². The van der Waals surface area contributed by atoms with Gasteiger partial charge in [-0.2, -0.15) is 0 Å². The summed E-state index contributed by atoms with van der Waals surface area (Å²) in [6.07, 6.45) is -0.454. The van der Waals surface area contributed by atoms with E-state index in [1.165, 1.54) is 24.8 Å². The molecule has 2 rings (SSSR count). The summed E-state index contributed by atoms with van der Waals surface area (Å²) in [5.74, 6) is -3.59. The van der Waals surface area contributed by atoms with Crippen LogP contribution in [0.15, 0.2) is 12.1 Å². The number of aryl methyl sites for hydroxylation is 1. The van der Waals surface area contributed by atoms with Crippen LogP contribution < -0.4 is 10.6 Å². The van der Waals surface area contributed by atoms with E-state index in [-0.39, 0.29) is 12.2 Å². The van der Waals surface area contributed by atoms with Gasteiger partial charge in [-0.15, -0.1) is 11.8 Å². The minimum atomic E-state index is -0.976. The lowest BCUT2D eigenvalue weighted by Gasteiger charge is -2.19. The fraction of sp³-hybridized carbons (Fsp3) is 0.438. The van der Waals surface area contributed by atoms with Crippen LogP contribution in [0.1, 0.15) is 29.3 Å². The normalized spacial score (nSPS) is 19.4. The molecule has 1 aromatic rings. The Bertz CT molecular complexity index is 699. The van der Waals surface area contributed by atoms with Crippen LogP contribution in [0, 0.1) is 24.5 Å². The van der Waals surface area contributed by atoms with Gasteiger partial charge in [0.25, 0.3) is 5.91 Å². The van der Waals surface area contributed by atoms with E-state index in [9.17, 15) is 23.2 Å². The van der Waals surface area contributed by atoms with Crippen LogP contribution in [-0.4, -0.2) is 35.6 Å². The van der Waals surface area contributed by atoms with E-state index < -0.39 is 46.4 Å². The first kappa shape index (κ1) is 19.2. The summed E-state index contributed by atoms with van der Waals surface area (Å²) in [6.45, 7) is 3.14. The third kappa shape index (κ3) is 4.47. The molecule has 0 radical (unpaired) electrons. The maximum atomic E-state index is 14.1. The Labute approximate surface area is 147 Å². The molecule has 1 heterocycles. The molecule has 0 aromatic heterocycles. The summed E-state index contributed by atoms with van der Waals surface area (Å²) in [5, 5.41) is 3.86. The van der Waals surface area contributed by atoms with Crippen LogP contribution in [0.2, 0.25) is 0 Å². The predicted octanol–water partition coefficient (Wildman–Crippen LogP) is 2.35. The SMILES string of the molecule is CCOC(=O)NC(=O)C1CCSC1NC(=O)c1c(F)ccc(C)c1F. The lowest BCUT2D eigenvalue weighted by molar-refractivity contribution is -0.124. The highest BCUT2D eigenvalue weighted by Crippen LogP contribution is 2.31. The average Bonchev–Trinajstić information content (AvgIpc) is 2.99. The van der Waals surface area contributed by atoms with Crippen molar-refractivity contribution in [2.24, 2.45) is 5.92 Å². The van der Waals surface area contributed by atoms with Gasteiger partial charge < -0.3 is 10.1 Å². The molecule has 136 valence electrons. The van der Waals surface area contributed by atoms with Crippen LogP contribution in [-0.2, 0) is 9.53 Å². The maximum absolute atomic E-state index is 14.1. The molecule has 25 heavy (non-hydrogen) atoms. The van der Waals surface area contributed by atoms with Gasteiger partial charge >= 0.3 is 6.09 Å². The van der Waals surface area contributed by atoms with Crippen molar-refractivity contribution in [2.45, 2.75) is 25.6 Å². The summed E-state index contributed by atoms with van der Waals surface area (Å²) in [6, 6.07) is 2.25. The third-order valence-electron chi connectivity index (χ3n) is 3.71. The number of hydrogen-bond acceptors (Lipinski definition) is 5. The van der Waals surface area contributed by atoms with Crippen LogP contribution in [0.3, 0.4) is 0 Å². The maximum Gasteiger partial charge on any atom is 0.413 e. The van der Waals surface area contributed by atoms with E-state index in [1.807, 2.05) is 0 Å². The molecule has 1 aromatic carbocycles. The highest BCUT2D eigenvalue weighted by molar-refractivity contribution is 8.00. The second kappa shape index (κ2) is 8.28. The molecule has 0 saturated carbocycles. The fourth-order valence-corrected chi connectivity index (χ4v) is 3.75. The summed E-state index contributed by atoms with van der Waals surface area (Å²) >= 11 is 1.27. The minimum absolute atomic E-state index is 0.116. The first-order valence-corrected chi connectivity index (χ1v) is 8.74. The lowest BCUT2D eigenvalue weighted by Crippen LogP contribution is -2.44. The van der Waals surface area contributed by atoms with Crippen molar-refractivity contribution in [1.82, 2.24) is 10.6 Å². The molecule has 2 unspecified atom stereocenters. The number of carbonyl (C=O) groups is 3. The minimum Gasteiger partial charge on any atom is -0.450 e. The van der Waals surface area contributed by atoms with Gasteiger partial charge in [0.1, 0.15) is 17.2 Å². The Hall–Kier alpha value is -2.16. The molecule has 9 heteroatoms. The molecule has 1 aliphatic rings. The number of hydrogen-bond donors (Lipinski definition) is 2. The number of ether oxygens (including phenoxy) is 1. The highest BCUT2D eigenvalue weighted by Gasteiger charge is 2.36. The van der Waals surface area contributed by atoms with E-state index in [2.05, 4.69) is 15.4 Å². The van der Waals surface area contributed by atoms with Crippen molar-refractivity contribution in [3.05, 3.63) is 34.9 Å². The van der Waals surface area contributed by atoms with E-state index in [4.69, 9.17) is 0 Å². The number of thioether (sulfide) groups is 1. The third-order valence-corrected chi connectivity index (χ3v) is 4.99. The Morgan fingerprint density at radius 1 is 1.32 bits per heavy atom. The molecule has 0 bridgehead atoms. The number of imide groups is 1. The molecule has 1 saturated heterocycles. The topological polar surface area (TPSA) is 84.5 Å². The number of alkyl carbamates (subject to hydrolysis) is 1. The van der Waals surface area contributed by atoms with E-state index in [1.54, 1.807) is 6.92 Å². The molecule has 1 aliphatic heterocycles. The molecular weight excluding hydrogens is 354 g/mol. The Morgan fingerprint density at radius 2 is 2.04 bits per heavy atom. The average molecular weight is 372 g/mol. The molecular formula is C16H18F2N2O4S. The zero-order valence-corrected chi connectivity index (χ0v) is 14.5. The first-order valence-electron chi connectivity index (χ1n) is 7.69. The van der Waals surface area contributed by atoms with Crippen LogP contribution in [0.4, 0.5) is 13.6 Å². The molecule has 2 atom stereocenters. The predicted molar refractivity (Wildman–Crippen MR) is 88.1 cm³/mol. The summed E-state index contributed by atoms with van der Waals surface area (Å²) in [7, 11) is 0. The second-order valence-corrected chi connectivity index (χ2v) is 6.67. The monoisotopic (exact) mass is 372 g/mol. The van der Waals surface area contributed by atoms with Crippen molar-refractivity contribution in [2.75, 3.05) is 12.4 Å². The van der Waals surface area contributed by atoms with Gasteiger partial charge in [-0.25, -0.2) is 13.6 Å². The summed E-state index contributed by atoms with van der Waals surface area (Å²) in [4.78, 5) is 35.7. The smallest absolute Gasteiger partial charge is 0.413 e. The molecule has 6 nitrogen and oxygen atoms in total. The largest absolute Gasteiger partial charge is 0.450 e. The van der Waals surface area contributed by atoms with Crippen molar-refractivity contribution < 1.29 is 27.9 Å². The number of halogens is 2. The van der Waals surface area contributed by atoms with Crippen molar-refractivity contribution >= 4 is 29.7 Å².